The molecule has 0 aromatic heterocycles. The second-order valence-electron chi connectivity index (χ2n) is 13.6. The molecule has 0 unspecified atom stereocenters. The largest absolute Gasteiger partial charge is 0.469 e. The number of rotatable bonds is 8. The van der Waals surface area contributed by atoms with Gasteiger partial charge in [0.25, 0.3) is 0 Å². The van der Waals surface area contributed by atoms with Crippen LogP contribution in [-0.2, 0) is 29.7 Å². The lowest BCUT2D eigenvalue weighted by atomic mass is 9.63. The molecule has 0 amide bonds. The molecule has 0 spiro atoms. The number of methoxy groups -OCH3 is 1. The number of hydrogen-bond donors (Lipinski definition) is 0. The predicted molar refractivity (Wildman–Crippen MR) is 151 cm³/mol. The highest BCUT2D eigenvalue weighted by atomic mass is 28.4. The van der Waals surface area contributed by atoms with Gasteiger partial charge >= 0.3 is 5.97 Å². The van der Waals surface area contributed by atoms with Crippen molar-refractivity contribution in [1.82, 2.24) is 0 Å². The lowest BCUT2D eigenvalue weighted by Crippen LogP contribution is -2.68. The van der Waals surface area contributed by atoms with Gasteiger partial charge in [-0.1, -0.05) is 84.0 Å². The van der Waals surface area contributed by atoms with E-state index in [1.165, 1.54) is 7.11 Å². The standard InChI is InChI=1S/C29H48O5Si2/c1-27(2,3)35(8,9)33-24-22-17-18-29(19-23(22)26(30)31-7,32-20-21-15-13-12-14-16-21)25(24)34-36(10,11)28(4,5)6/h12-18,22-25H,19-20H2,1-11H3/t22-,23+,24+,25-,29-/m0/s1. The molecule has 1 aromatic rings. The molecule has 1 saturated carbocycles. The lowest BCUT2D eigenvalue weighted by molar-refractivity contribution is -0.195. The van der Waals surface area contributed by atoms with E-state index in [-0.39, 0.29) is 40.1 Å². The number of carbonyl (C=O) groups is 1. The van der Waals surface area contributed by atoms with E-state index in [0.717, 1.165) is 5.56 Å². The normalized spacial score (nSPS) is 28.9. The van der Waals surface area contributed by atoms with E-state index >= 15 is 0 Å². The monoisotopic (exact) mass is 532 g/mol. The third-order valence-corrected chi connectivity index (χ3v) is 18.0. The maximum atomic E-state index is 13.0. The summed E-state index contributed by atoms with van der Waals surface area (Å²) < 4.78 is 26.4. The molecule has 7 heteroatoms. The molecule has 0 saturated heterocycles. The van der Waals surface area contributed by atoms with Gasteiger partial charge in [0.05, 0.1) is 25.7 Å². The molecule has 0 heterocycles. The van der Waals surface area contributed by atoms with E-state index in [9.17, 15) is 4.79 Å². The molecule has 36 heavy (non-hydrogen) atoms. The van der Waals surface area contributed by atoms with Crippen LogP contribution in [0.25, 0.3) is 0 Å². The molecule has 0 radical (unpaired) electrons. The minimum Gasteiger partial charge on any atom is -0.469 e. The van der Waals surface area contributed by atoms with E-state index in [1.54, 1.807) is 0 Å². The van der Waals surface area contributed by atoms with Crippen LogP contribution in [0.15, 0.2) is 42.5 Å². The Hall–Kier alpha value is -1.26. The van der Waals surface area contributed by atoms with E-state index in [0.29, 0.717) is 13.0 Å². The van der Waals surface area contributed by atoms with Crippen LogP contribution >= 0.6 is 0 Å². The molecular formula is C29H48O5Si2. The number of benzene rings is 1. The zero-order chi connectivity index (χ0) is 27.2. The van der Waals surface area contributed by atoms with Gasteiger partial charge in [-0.25, -0.2) is 0 Å². The fraction of sp³-hybridized carbons (Fsp3) is 0.690. The van der Waals surface area contributed by atoms with Gasteiger partial charge in [0, 0.05) is 5.92 Å². The first-order valence-electron chi connectivity index (χ1n) is 13.2. The molecule has 0 N–H and O–H groups in total. The second-order valence-corrected chi connectivity index (χ2v) is 23.2. The third-order valence-electron chi connectivity index (χ3n) is 9.08. The Bertz CT molecular complexity index is 945. The quantitative estimate of drug-likeness (QED) is 0.203. The number of carbonyl (C=O) groups excluding carboxylic acids is 1. The second kappa shape index (κ2) is 10.1. The first kappa shape index (κ1) is 29.3. The van der Waals surface area contributed by atoms with Crippen LogP contribution in [0.3, 0.4) is 0 Å². The molecule has 5 atom stereocenters. The Balaban J connectivity index is 2.10. The average Bonchev–Trinajstić information content (AvgIpc) is 2.78. The van der Waals surface area contributed by atoms with Crippen molar-refractivity contribution < 1.29 is 23.1 Å². The fourth-order valence-electron chi connectivity index (χ4n) is 4.68. The SMILES string of the molecule is COC(=O)[C@@H]1C[C@@]2(OCc3ccccc3)C=C[C@@H]1[C@@H](O[Si](C)(C)C(C)(C)C)[C@@H]2O[Si](C)(C)C(C)(C)C. The van der Waals surface area contributed by atoms with Crippen LogP contribution in [-0.4, -0.2) is 47.5 Å². The van der Waals surface area contributed by atoms with Crippen molar-refractivity contribution in [3.8, 4) is 0 Å². The number of fused-ring (bicyclic) bond motifs is 2. The van der Waals surface area contributed by atoms with Gasteiger partial charge < -0.3 is 18.3 Å². The third kappa shape index (κ3) is 5.75. The van der Waals surface area contributed by atoms with Crippen LogP contribution in [0.5, 0.6) is 0 Å². The highest BCUT2D eigenvalue weighted by Gasteiger charge is 2.62. The Kier molecular flexibility index (Phi) is 8.25. The summed E-state index contributed by atoms with van der Waals surface area (Å²) in [4.78, 5) is 13.0. The van der Waals surface area contributed by atoms with Crippen molar-refractivity contribution in [2.75, 3.05) is 7.11 Å². The zero-order valence-electron chi connectivity index (χ0n) is 24.3. The van der Waals surface area contributed by atoms with Crippen LogP contribution in [0.2, 0.25) is 36.3 Å². The molecule has 1 aromatic carbocycles. The van der Waals surface area contributed by atoms with Crippen molar-refractivity contribution in [2.24, 2.45) is 11.8 Å². The molecule has 2 bridgehead atoms. The molecular weight excluding hydrogens is 484 g/mol. The summed E-state index contributed by atoms with van der Waals surface area (Å²) in [7, 11) is -2.92. The Morgan fingerprint density at radius 3 is 2.03 bits per heavy atom. The van der Waals surface area contributed by atoms with Crippen molar-refractivity contribution in [3.63, 3.8) is 0 Å². The van der Waals surface area contributed by atoms with E-state index in [4.69, 9.17) is 18.3 Å². The lowest BCUT2D eigenvalue weighted by Gasteiger charge is -2.58. The number of hydrogen-bond acceptors (Lipinski definition) is 5. The predicted octanol–water partition coefficient (Wildman–Crippen LogP) is 7.10. The van der Waals surface area contributed by atoms with E-state index < -0.39 is 22.2 Å². The van der Waals surface area contributed by atoms with Gasteiger partial charge in [0.2, 0.25) is 0 Å². The summed E-state index contributed by atoms with van der Waals surface area (Å²) in [5.74, 6) is -0.639. The van der Waals surface area contributed by atoms with Crippen LogP contribution in [0.1, 0.15) is 53.5 Å². The smallest absolute Gasteiger partial charge is 0.309 e. The van der Waals surface area contributed by atoms with E-state index in [2.05, 4.69) is 92.0 Å². The fourth-order valence-corrected chi connectivity index (χ4v) is 7.31. The molecule has 202 valence electrons. The van der Waals surface area contributed by atoms with Gasteiger partial charge in [-0.2, -0.15) is 0 Å². The Labute approximate surface area is 221 Å². The average molecular weight is 533 g/mol. The topological polar surface area (TPSA) is 54.0 Å². The van der Waals surface area contributed by atoms with Crippen LogP contribution in [0, 0.1) is 11.8 Å². The molecule has 1 fully saturated rings. The van der Waals surface area contributed by atoms with Gasteiger partial charge in [0.1, 0.15) is 11.7 Å². The molecule has 3 aliphatic carbocycles. The summed E-state index contributed by atoms with van der Waals surface area (Å²) in [6.07, 6.45) is 4.25. The van der Waals surface area contributed by atoms with Gasteiger partial charge in [-0.15, -0.1) is 0 Å². The summed E-state index contributed by atoms with van der Waals surface area (Å²) >= 11 is 0. The molecule has 4 rings (SSSR count). The first-order chi connectivity index (χ1) is 16.4. The Morgan fingerprint density at radius 1 is 0.944 bits per heavy atom. The first-order valence-corrected chi connectivity index (χ1v) is 19.1. The molecule has 0 aliphatic heterocycles. The van der Waals surface area contributed by atoms with Crippen molar-refractivity contribution in [1.29, 1.82) is 0 Å². The minimum atomic E-state index is -2.20. The van der Waals surface area contributed by atoms with Crippen molar-refractivity contribution in [2.45, 2.75) is 109 Å². The summed E-state index contributed by atoms with van der Waals surface area (Å²) in [5.41, 5.74) is 0.321. The highest BCUT2D eigenvalue weighted by Crippen LogP contribution is 2.53. The summed E-state index contributed by atoms with van der Waals surface area (Å²) in [6, 6.07) is 10.2. The van der Waals surface area contributed by atoms with Crippen molar-refractivity contribution in [3.05, 3.63) is 48.0 Å². The van der Waals surface area contributed by atoms with Crippen LogP contribution in [0.4, 0.5) is 0 Å². The molecule has 3 aliphatic rings. The van der Waals surface area contributed by atoms with Crippen molar-refractivity contribution >= 4 is 22.6 Å². The van der Waals surface area contributed by atoms with Crippen LogP contribution < -0.4 is 0 Å². The maximum absolute atomic E-state index is 13.0. The maximum Gasteiger partial charge on any atom is 0.309 e. The summed E-state index contributed by atoms with van der Waals surface area (Å²) in [5, 5.41) is 0.0467. The zero-order valence-corrected chi connectivity index (χ0v) is 26.3. The number of ether oxygens (including phenoxy) is 2. The summed E-state index contributed by atoms with van der Waals surface area (Å²) in [6.45, 7) is 23.1. The van der Waals surface area contributed by atoms with Gasteiger partial charge in [-0.3, -0.25) is 4.79 Å². The van der Waals surface area contributed by atoms with Gasteiger partial charge in [0.15, 0.2) is 16.6 Å². The van der Waals surface area contributed by atoms with E-state index in [1.807, 2.05) is 18.2 Å². The Morgan fingerprint density at radius 2 is 1.50 bits per heavy atom. The number of esters is 1. The van der Waals surface area contributed by atoms with Gasteiger partial charge in [-0.05, 0) is 48.2 Å². The highest BCUT2D eigenvalue weighted by molar-refractivity contribution is 6.74. The minimum absolute atomic E-state index is 0.0216. The molecule has 5 nitrogen and oxygen atoms in total.